The van der Waals surface area contributed by atoms with E-state index in [4.69, 9.17) is 32.1 Å². The molecule has 0 heterocycles. The number of hydrogen-bond acceptors (Lipinski definition) is 4. The molecule has 0 fully saturated rings. The highest BCUT2D eigenvalue weighted by Crippen LogP contribution is 2.48. The molecule has 0 aromatic heterocycles. The minimum absolute atomic E-state index is 0.121. The van der Waals surface area contributed by atoms with Crippen molar-refractivity contribution in [1.29, 1.82) is 0 Å². The van der Waals surface area contributed by atoms with E-state index < -0.39 is 18.9 Å². The smallest absolute Gasteiger partial charge is 0.409 e. The standard InChI is InChI=1S/C16H16Cl2NO4P/c1-12(16(20)22-11-13-5-3-2-4-6-13)19-24(18,21)23-15-9-7-14(17)8-10-15/h2-10,12H,11H2,1H3,(H,19,21)/t12-,24?/m0/s1. The van der Waals surface area contributed by atoms with Crippen LogP contribution in [0, 0.1) is 0 Å². The van der Waals surface area contributed by atoms with Gasteiger partial charge < -0.3 is 9.26 Å². The summed E-state index contributed by atoms with van der Waals surface area (Å²) in [5.74, 6) is -0.311. The number of hydrogen-bond donors (Lipinski definition) is 1. The van der Waals surface area contributed by atoms with E-state index in [1.165, 1.54) is 19.1 Å². The predicted octanol–water partition coefficient (Wildman–Crippen LogP) is 4.79. The number of ether oxygens (including phenoxy) is 1. The Labute approximate surface area is 150 Å². The van der Waals surface area contributed by atoms with Crippen molar-refractivity contribution in [2.75, 3.05) is 0 Å². The van der Waals surface area contributed by atoms with Crippen molar-refractivity contribution >= 4 is 35.7 Å². The highest BCUT2D eigenvalue weighted by Gasteiger charge is 2.28. The number of rotatable bonds is 7. The Balaban J connectivity index is 1.87. The first-order valence-electron chi connectivity index (χ1n) is 7.09. The third-order valence-corrected chi connectivity index (χ3v) is 4.85. The number of esters is 1. The van der Waals surface area contributed by atoms with Crippen LogP contribution in [0.5, 0.6) is 5.75 Å². The third kappa shape index (κ3) is 6.17. The normalized spacial score (nSPS) is 14.5. The maximum absolute atomic E-state index is 12.2. The van der Waals surface area contributed by atoms with Crippen LogP contribution in [0.4, 0.5) is 0 Å². The van der Waals surface area contributed by atoms with Gasteiger partial charge in [-0.2, -0.15) is 0 Å². The van der Waals surface area contributed by atoms with Gasteiger partial charge in [-0.3, -0.25) is 4.79 Å². The summed E-state index contributed by atoms with van der Waals surface area (Å²) in [5, 5.41) is 2.96. The first-order valence-corrected chi connectivity index (χ1v) is 10.00. The van der Waals surface area contributed by atoms with Gasteiger partial charge in [0.1, 0.15) is 18.4 Å². The molecule has 0 bridgehead atoms. The Kier molecular flexibility index (Phi) is 6.69. The van der Waals surface area contributed by atoms with Gasteiger partial charge in [-0.15, -0.1) is 0 Å². The first kappa shape index (κ1) is 18.8. The molecule has 128 valence electrons. The minimum Gasteiger partial charge on any atom is -0.460 e. The largest absolute Gasteiger partial charge is 0.460 e. The van der Waals surface area contributed by atoms with Crippen molar-refractivity contribution in [1.82, 2.24) is 5.09 Å². The quantitative estimate of drug-likeness (QED) is 0.546. The van der Waals surface area contributed by atoms with Gasteiger partial charge in [0.15, 0.2) is 0 Å². The molecule has 2 atom stereocenters. The predicted molar refractivity (Wildman–Crippen MR) is 94.4 cm³/mol. The topological polar surface area (TPSA) is 64.6 Å². The van der Waals surface area contributed by atoms with E-state index in [9.17, 15) is 9.36 Å². The zero-order chi connectivity index (χ0) is 17.6. The highest BCUT2D eigenvalue weighted by molar-refractivity contribution is 7.84. The van der Waals surface area contributed by atoms with E-state index in [-0.39, 0.29) is 12.4 Å². The van der Waals surface area contributed by atoms with Gasteiger partial charge in [0.25, 0.3) is 0 Å². The number of carbonyl (C=O) groups excluding carboxylic acids is 1. The average molecular weight is 388 g/mol. The fraction of sp³-hybridized carbons (Fsp3) is 0.188. The van der Waals surface area contributed by atoms with E-state index in [0.29, 0.717) is 5.02 Å². The van der Waals surface area contributed by atoms with Gasteiger partial charge in [0.05, 0.1) is 0 Å². The zero-order valence-electron chi connectivity index (χ0n) is 12.8. The molecule has 1 N–H and O–H groups in total. The molecule has 1 unspecified atom stereocenters. The van der Waals surface area contributed by atoms with Crippen molar-refractivity contribution in [2.45, 2.75) is 19.6 Å². The van der Waals surface area contributed by atoms with Crippen LogP contribution in [-0.2, 0) is 20.7 Å². The molecular formula is C16H16Cl2NO4P. The van der Waals surface area contributed by atoms with Crippen molar-refractivity contribution in [3.63, 3.8) is 0 Å². The summed E-state index contributed by atoms with van der Waals surface area (Å²) >= 11 is 11.6. The molecule has 0 spiro atoms. The molecular weight excluding hydrogens is 372 g/mol. The van der Waals surface area contributed by atoms with E-state index in [1.54, 1.807) is 12.1 Å². The maximum atomic E-state index is 12.2. The molecule has 0 aliphatic carbocycles. The second-order valence-corrected chi connectivity index (χ2v) is 8.14. The van der Waals surface area contributed by atoms with E-state index in [0.717, 1.165) is 5.56 Å². The Bertz CT molecular complexity index is 725. The molecule has 2 aromatic rings. The fourth-order valence-corrected chi connectivity index (χ4v) is 3.61. The molecule has 24 heavy (non-hydrogen) atoms. The van der Waals surface area contributed by atoms with Crippen LogP contribution >= 0.6 is 29.7 Å². The van der Waals surface area contributed by atoms with Crippen molar-refractivity contribution in [2.24, 2.45) is 0 Å². The second-order valence-electron chi connectivity index (χ2n) is 4.97. The molecule has 2 rings (SSSR count). The lowest BCUT2D eigenvalue weighted by Crippen LogP contribution is -2.33. The van der Waals surface area contributed by atoms with Crippen molar-refractivity contribution in [3.05, 3.63) is 65.2 Å². The summed E-state index contributed by atoms with van der Waals surface area (Å²) in [6, 6.07) is 14.5. The van der Waals surface area contributed by atoms with Crippen molar-refractivity contribution < 1.29 is 18.6 Å². The van der Waals surface area contributed by atoms with Crippen LogP contribution in [0.2, 0.25) is 5.02 Å². The Morgan fingerprint density at radius 3 is 2.42 bits per heavy atom. The maximum Gasteiger partial charge on any atom is 0.409 e. The average Bonchev–Trinajstić information content (AvgIpc) is 2.55. The molecule has 0 aliphatic rings. The van der Waals surface area contributed by atoms with Crippen molar-refractivity contribution in [3.8, 4) is 5.75 Å². The van der Waals surface area contributed by atoms with Crippen LogP contribution in [0.3, 0.4) is 0 Å². The Morgan fingerprint density at radius 1 is 1.17 bits per heavy atom. The molecule has 8 heteroatoms. The number of carbonyl (C=O) groups is 1. The van der Waals surface area contributed by atoms with Crippen LogP contribution in [0.15, 0.2) is 54.6 Å². The van der Waals surface area contributed by atoms with Gasteiger partial charge in [-0.1, -0.05) is 41.9 Å². The minimum atomic E-state index is -3.76. The summed E-state index contributed by atoms with van der Waals surface area (Å²) in [5.41, 5.74) is 0.851. The fourth-order valence-electron chi connectivity index (χ4n) is 1.80. The van der Waals surface area contributed by atoms with Crippen LogP contribution in [-0.4, -0.2) is 12.0 Å². The Hall–Kier alpha value is -1.52. The zero-order valence-corrected chi connectivity index (χ0v) is 15.2. The van der Waals surface area contributed by atoms with Gasteiger partial charge >= 0.3 is 12.8 Å². The molecule has 2 aromatic carbocycles. The summed E-state index contributed by atoms with van der Waals surface area (Å²) in [7, 11) is 0. The van der Waals surface area contributed by atoms with Crippen LogP contribution in [0.25, 0.3) is 0 Å². The molecule has 0 amide bonds. The number of halogens is 2. The third-order valence-electron chi connectivity index (χ3n) is 2.96. The van der Waals surface area contributed by atoms with E-state index in [2.05, 4.69) is 5.09 Å². The summed E-state index contributed by atoms with van der Waals surface area (Å²) < 4.78 is 22.6. The van der Waals surface area contributed by atoms with Gasteiger partial charge in [-0.05, 0) is 36.8 Å². The molecule has 0 aliphatic heterocycles. The van der Waals surface area contributed by atoms with E-state index in [1.807, 2.05) is 30.3 Å². The lowest BCUT2D eigenvalue weighted by Gasteiger charge is -2.18. The Morgan fingerprint density at radius 2 is 1.79 bits per heavy atom. The summed E-state index contributed by atoms with van der Waals surface area (Å²) in [6.45, 7) is -2.14. The van der Waals surface area contributed by atoms with Gasteiger partial charge in [0, 0.05) is 16.3 Å². The lowest BCUT2D eigenvalue weighted by atomic mass is 10.2. The van der Waals surface area contributed by atoms with E-state index >= 15 is 0 Å². The summed E-state index contributed by atoms with van der Waals surface area (Å²) in [4.78, 5) is 12.0. The second kappa shape index (κ2) is 8.54. The molecule has 0 saturated carbocycles. The van der Waals surface area contributed by atoms with Gasteiger partial charge in [-0.25, -0.2) is 9.65 Å². The van der Waals surface area contributed by atoms with Crippen LogP contribution in [0.1, 0.15) is 12.5 Å². The summed E-state index contributed by atoms with van der Waals surface area (Å²) in [6.07, 6.45) is 0. The number of benzene rings is 2. The molecule has 0 saturated heterocycles. The molecule has 5 nitrogen and oxygen atoms in total. The monoisotopic (exact) mass is 387 g/mol. The SMILES string of the molecule is C[C@H](NP(=O)(Cl)Oc1ccc(Cl)cc1)C(=O)OCc1ccccc1. The van der Waals surface area contributed by atoms with Gasteiger partial charge in [0.2, 0.25) is 0 Å². The molecule has 0 radical (unpaired) electrons. The highest BCUT2D eigenvalue weighted by atomic mass is 35.7. The lowest BCUT2D eigenvalue weighted by molar-refractivity contribution is -0.146. The van der Waals surface area contributed by atoms with Crippen LogP contribution < -0.4 is 9.61 Å². The first-order chi connectivity index (χ1) is 11.4. The number of nitrogens with one attached hydrogen (secondary N) is 1.